The molecule has 2 aliphatic heterocycles. The van der Waals surface area contributed by atoms with Crippen LogP contribution < -0.4 is 9.91 Å². The van der Waals surface area contributed by atoms with Crippen molar-refractivity contribution in [3.63, 3.8) is 0 Å². The van der Waals surface area contributed by atoms with Gasteiger partial charge in [-0.2, -0.15) is 5.10 Å². The third kappa shape index (κ3) is 3.66. The van der Waals surface area contributed by atoms with Crippen molar-refractivity contribution in [1.29, 1.82) is 0 Å². The van der Waals surface area contributed by atoms with Crippen LogP contribution in [0.2, 0.25) is 5.02 Å². The van der Waals surface area contributed by atoms with E-state index in [4.69, 9.17) is 21.1 Å². The Morgan fingerprint density at radius 3 is 2.29 bits per heavy atom. The first kappa shape index (κ1) is 21.6. The SMILES string of the molecule is COC(=O)C1=NN(c2cccc(Cl)c2)C2(S1)SC(C(=O)OC)=C(C)N2c1ccccc1. The monoisotopic (exact) mass is 475 g/mol. The van der Waals surface area contributed by atoms with E-state index in [1.807, 2.05) is 48.2 Å². The van der Waals surface area contributed by atoms with Crippen LogP contribution in [0.15, 0.2) is 70.3 Å². The van der Waals surface area contributed by atoms with Gasteiger partial charge in [0.2, 0.25) is 9.37 Å². The van der Waals surface area contributed by atoms with Gasteiger partial charge in [-0.25, -0.2) is 14.6 Å². The number of carbonyl (C=O) groups excluding carboxylic acids is 2. The predicted molar refractivity (Wildman–Crippen MR) is 125 cm³/mol. The Bertz CT molecular complexity index is 1110. The highest BCUT2D eigenvalue weighted by molar-refractivity contribution is 8.29. The number of para-hydroxylation sites is 1. The number of hydrogen-bond donors (Lipinski definition) is 0. The van der Waals surface area contributed by atoms with Gasteiger partial charge in [-0.15, -0.1) is 0 Å². The summed E-state index contributed by atoms with van der Waals surface area (Å²) >= 11 is 8.71. The minimum atomic E-state index is -1.04. The van der Waals surface area contributed by atoms with Crippen LogP contribution in [0.25, 0.3) is 0 Å². The standard InChI is InChI=1S/C21H18ClN3O4S2/c1-13-17(19(26)28-2)30-21(24(13)15-9-5-4-6-10-15)25(16-11-7-8-14(22)12-16)23-18(31-21)20(27)29-3/h4-12H,1-3H3. The minimum absolute atomic E-state index is 0.162. The van der Waals surface area contributed by atoms with Crippen molar-refractivity contribution in [3.8, 4) is 0 Å². The van der Waals surface area contributed by atoms with Gasteiger partial charge < -0.3 is 14.4 Å². The molecule has 7 nitrogen and oxygen atoms in total. The summed E-state index contributed by atoms with van der Waals surface area (Å²) in [6.07, 6.45) is 0. The molecule has 1 unspecified atom stereocenters. The summed E-state index contributed by atoms with van der Waals surface area (Å²) < 4.78 is 8.92. The molecule has 2 aromatic carbocycles. The van der Waals surface area contributed by atoms with Gasteiger partial charge in [0.25, 0.3) is 0 Å². The minimum Gasteiger partial charge on any atom is -0.465 e. The van der Waals surface area contributed by atoms with Crippen LogP contribution in [-0.2, 0) is 19.1 Å². The summed E-state index contributed by atoms with van der Waals surface area (Å²) in [5.74, 6) is -1.02. The van der Waals surface area contributed by atoms with E-state index in [0.29, 0.717) is 21.3 Å². The van der Waals surface area contributed by atoms with Crippen molar-refractivity contribution >= 4 is 63.5 Å². The first-order chi connectivity index (χ1) is 14.9. The average Bonchev–Trinajstić information content (AvgIpc) is 3.31. The van der Waals surface area contributed by atoms with Crippen LogP contribution in [0.1, 0.15) is 6.92 Å². The first-order valence-electron chi connectivity index (χ1n) is 9.16. The Labute approximate surface area is 193 Å². The summed E-state index contributed by atoms with van der Waals surface area (Å²) in [6.45, 7) is 1.84. The van der Waals surface area contributed by atoms with Crippen LogP contribution in [0, 0.1) is 0 Å². The molecule has 1 atom stereocenters. The summed E-state index contributed by atoms with van der Waals surface area (Å²) in [5.41, 5.74) is 2.17. The van der Waals surface area contributed by atoms with Gasteiger partial charge >= 0.3 is 11.9 Å². The second-order valence-electron chi connectivity index (χ2n) is 6.52. The number of esters is 2. The maximum absolute atomic E-state index is 12.6. The van der Waals surface area contributed by atoms with E-state index in [9.17, 15) is 9.59 Å². The lowest BCUT2D eigenvalue weighted by Crippen LogP contribution is -2.49. The van der Waals surface area contributed by atoms with Gasteiger partial charge in [-0.3, -0.25) is 0 Å². The molecule has 0 radical (unpaired) electrons. The van der Waals surface area contributed by atoms with Crippen molar-refractivity contribution < 1.29 is 19.1 Å². The molecule has 31 heavy (non-hydrogen) atoms. The van der Waals surface area contributed by atoms with Crippen molar-refractivity contribution in [3.05, 3.63) is 70.2 Å². The van der Waals surface area contributed by atoms with E-state index in [0.717, 1.165) is 5.69 Å². The molecule has 160 valence electrons. The van der Waals surface area contributed by atoms with Gasteiger partial charge in [-0.1, -0.05) is 47.6 Å². The molecule has 0 fully saturated rings. The Kier molecular flexibility index (Phi) is 5.92. The molecule has 2 aromatic rings. The molecule has 0 N–H and O–H groups in total. The number of methoxy groups -OCH3 is 2. The summed E-state index contributed by atoms with van der Waals surface area (Å²) in [4.78, 5) is 27.4. The zero-order valence-electron chi connectivity index (χ0n) is 16.9. The fraction of sp³-hybridized carbons (Fsp3) is 0.190. The molecule has 0 saturated heterocycles. The lowest BCUT2D eigenvalue weighted by Gasteiger charge is -2.41. The number of benzene rings is 2. The number of anilines is 2. The lowest BCUT2D eigenvalue weighted by molar-refractivity contribution is -0.135. The zero-order valence-corrected chi connectivity index (χ0v) is 19.3. The Balaban J connectivity index is 1.92. The van der Waals surface area contributed by atoms with E-state index >= 15 is 0 Å². The largest absolute Gasteiger partial charge is 0.465 e. The van der Waals surface area contributed by atoms with Crippen LogP contribution >= 0.6 is 35.1 Å². The summed E-state index contributed by atoms with van der Waals surface area (Å²) in [7, 11) is 2.65. The number of thioether (sulfide) groups is 2. The molecule has 0 bridgehead atoms. The van der Waals surface area contributed by atoms with Gasteiger partial charge in [0.15, 0.2) is 0 Å². The summed E-state index contributed by atoms with van der Waals surface area (Å²) in [5, 5.41) is 6.94. The molecular formula is C21H18ClN3O4S2. The number of ether oxygens (including phenoxy) is 2. The Morgan fingerprint density at radius 1 is 0.968 bits per heavy atom. The molecular weight excluding hydrogens is 458 g/mol. The number of allylic oxidation sites excluding steroid dienone is 1. The highest BCUT2D eigenvalue weighted by atomic mass is 35.5. The van der Waals surface area contributed by atoms with Crippen LogP contribution in [-0.4, -0.2) is 35.5 Å². The molecule has 4 rings (SSSR count). The lowest BCUT2D eigenvalue weighted by atomic mass is 10.2. The zero-order chi connectivity index (χ0) is 22.2. The predicted octanol–water partition coefficient (Wildman–Crippen LogP) is 4.65. The average molecular weight is 476 g/mol. The number of rotatable bonds is 4. The number of carbonyl (C=O) groups is 2. The normalized spacial score (nSPS) is 20.3. The summed E-state index contributed by atoms with van der Waals surface area (Å²) in [6, 6.07) is 16.7. The van der Waals surface area contributed by atoms with Crippen LogP contribution in [0.5, 0.6) is 0 Å². The van der Waals surface area contributed by atoms with E-state index in [-0.39, 0.29) is 5.04 Å². The Hall–Kier alpha value is -2.62. The number of nitrogens with zero attached hydrogens (tertiary/aromatic N) is 3. The van der Waals surface area contributed by atoms with Crippen molar-refractivity contribution in [2.24, 2.45) is 5.10 Å². The maximum atomic E-state index is 12.6. The van der Waals surface area contributed by atoms with Crippen molar-refractivity contribution in [2.45, 2.75) is 11.3 Å². The smallest absolute Gasteiger partial charge is 0.365 e. The van der Waals surface area contributed by atoms with Crippen molar-refractivity contribution in [2.75, 3.05) is 24.1 Å². The third-order valence-electron chi connectivity index (χ3n) is 4.67. The molecule has 2 aliphatic rings. The van der Waals surface area contributed by atoms with Gasteiger partial charge in [-0.05, 0) is 49.0 Å². The molecule has 10 heteroatoms. The number of hydrogen-bond acceptors (Lipinski definition) is 9. The van der Waals surface area contributed by atoms with Gasteiger partial charge in [0.1, 0.15) is 4.91 Å². The molecule has 0 aliphatic carbocycles. The van der Waals surface area contributed by atoms with Gasteiger partial charge in [0, 0.05) is 16.4 Å². The molecule has 0 aromatic heterocycles. The molecule has 0 saturated carbocycles. The molecule has 1 spiro atoms. The number of halogens is 1. The quantitative estimate of drug-likeness (QED) is 0.592. The maximum Gasteiger partial charge on any atom is 0.365 e. The third-order valence-corrected chi connectivity index (χ3v) is 7.75. The van der Waals surface area contributed by atoms with Crippen LogP contribution in [0.4, 0.5) is 11.4 Å². The fourth-order valence-corrected chi connectivity index (χ4v) is 6.51. The Morgan fingerprint density at radius 2 is 1.65 bits per heavy atom. The van der Waals surface area contributed by atoms with E-state index < -0.39 is 16.3 Å². The van der Waals surface area contributed by atoms with Gasteiger partial charge in [0.05, 0.1) is 19.9 Å². The highest BCUT2D eigenvalue weighted by Crippen LogP contribution is 2.60. The molecule has 2 heterocycles. The second kappa shape index (κ2) is 8.49. The first-order valence-corrected chi connectivity index (χ1v) is 11.2. The van der Waals surface area contributed by atoms with Crippen LogP contribution in [0.3, 0.4) is 0 Å². The van der Waals surface area contributed by atoms with E-state index in [2.05, 4.69) is 5.10 Å². The fourth-order valence-electron chi connectivity index (χ4n) is 3.33. The molecule has 0 amide bonds. The van der Waals surface area contributed by atoms with E-state index in [1.54, 1.807) is 23.2 Å². The number of hydrazone groups is 1. The topological polar surface area (TPSA) is 71.4 Å². The highest BCUT2D eigenvalue weighted by Gasteiger charge is 2.58. The van der Waals surface area contributed by atoms with E-state index in [1.165, 1.54) is 37.7 Å². The second-order valence-corrected chi connectivity index (χ2v) is 9.55. The van der Waals surface area contributed by atoms with Crippen molar-refractivity contribution in [1.82, 2.24) is 0 Å².